The average Bonchev–Trinajstić information content (AvgIpc) is 2.85. The summed E-state index contributed by atoms with van der Waals surface area (Å²) < 4.78 is 5.36. The second-order valence-corrected chi connectivity index (χ2v) is 4.44. The van der Waals surface area contributed by atoms with Crippen LogP contribution >= 0.6 is 0 Å². The lowest BCUT2D eigenvalue weighted by Gasteiger charge is -2.22. The Kier molecular flexibility index (Phi) is 4.02. The van der Waals surface area contributed by atoms with Crippen LogP contribution in [-0.4, -0.2) is 18.4 Å². The molecule has 1 aromatic rings. The number of aryl methyl sites for hydroxylation is 1. The summed E-state index contributed by atoms with van der Waals surface area (Å²) in [5, 5.41) is 5.49. The third-order valence-corrected chi connectivity index (χ3v) is 3.15. The van der Waals surface area contributed by atoms with Gasteiger partial charge in [-0.25, -0.2) is 0 Å². The molecule has 1 atom stereocenters. The van der Waals surface area contributed by atoms with Crippen LogP contribution in [0, 0.1) is 0 Å². The zero-order valence-corrected chi connectivity index (χ0v) is 10.5. The van der Waals surface area contributed by atoms with E-state index in [9.17, 15) is 9.59 Å². The normalized spacial score (nSPS) is 17.9. The molecule has 0 fully saturated rings. The molecule has 1 aliphatic carbocycles. The molecule has 2 amide bonds. The van der Waals surface area contributed by atoms with E-state index >= 15 is 0 Å². The van der Waals surface area contributed by atoms with Gasteiger partial charge in [0.1, 0.15) is 5.76 Å². The first-order valence-electron chi connectivity index (χ1n) is 6.33. The molecule has 0 saturated carbocycles. The molecule has 2 rings (SSSR count). The molecule has 5 nitrogen and oxygen atoms in total. The highest BCUT2D eigenvalue weighted by atomic mass is 16.3. The number of fused-ring (bicyclic) bond motifs is 1. The Balaban J connectivity index is 1.87. The van der Waals surface area contributed by atoms with Gasteiger partial charge in [-0.2, -0.15) is 0 Å². The Bertz CT molecular complexity index is 439. The minimum Gasteiger partial charge on any atom is -0.469 e. The number of carbonyl (C=O) groups is 2. The fourth-order valence-electron chi connectivity index (χ4n) is 2.19. The van der Waals surface area contributed by atoms with Crippen molar-refractivity contribution in [2.45, 2.75) is 38.6 Å². The highest BCUT2D eigenvalue weighted by molar-refractivity contribution is 5.84. The van der Waals surface area contributed by atoms with E-state index in [1.165, 1.54) is 0 Å². The highest BCUT2D eigenvalue weighted by Gasteiger charge is 2.23. The molecule has 0 radical (unpaired) electrons. The van der Waals surface area contributed by atoms with Gasteiger partial charge in [0.15, 0.2) is 0 Å². The molecule has 2 N–H and O–H groups in total. The molecule has 0 spiro atoms. The molecule has 5 heteroatoms. The van der Waals surface area contributed by atoms with Crippen LogP contribution in [0.3, 0.4) is 0 Å². The number of hydrogen-bond acceptors (Lipinski definition) is 3. The fraction of sp³-hybridized carbons (Fsp3) is 0.538. The van der Waals surface area contributed by atoms with Crippen LogP contribution in [0.5, 0.6) is 0 Å². The van der Waals surface area contributed by atoms with E-state index in [0.29, 0.717) is 6.42 Å². The summed E-state index contributed by atoms with van der Waals surface area (Å²) in [4.78, 5) is 22.8. The number of amides is 2. The third kappa shape index (κ3) is 2.91. The van der Waals surface area contributed by atoms with Gasteiger partial charge in [-0.05, 0) is 18.9 Å². The Morgan fingerprint density at radius 2 is 2.28 bits per heavy atom. The van der Waals surface area contributed by atoms with Crippen LogP contribution in [0.25, 0.3) is 0 Å². The lowest BCUT2D eigenvalue weighted by Crippen LogP contribution is -2.39. The van der Waals surface area contributed by atoms with E-state index in [1.54, 1.807) is 13.2 Å². The predicted molar refractivity (Wildman–Crippen MR) is 65.8 cm³/mol. The molecule has 1 aliphatic rings. The van der Waals surface area contributed by atoms with Crippen molar-refractivity contribution >= 4 is 11.8 Å². The number of rotatable bonds is 4. The van der Waals surface area contributed by atoms with Crippen LogP contribution in [0.2, 0.25) is 0 Å². The maximum atomic E-state index is 11.7. The molecule has 0 saturated heterocycles. The minimum absolute atomic E-state index is 0.0125. The lowest BCUT2D eigenvalue weighted by atomic mass is 9.93. The first-order chi connectivity index (χ1) is 8.70. The van der Waals surface area contributed by atoms with Gasteiger partial charge in [0.25, 0.3) is 0 Å². The van der Waals surface area contributed by atoms with Crippen LogP contribution in [0.15, 0.2) is 16.7 Å². The minimum atomic E-state index is -0.157. The molecule has 0 aromatic carbocycles. The van der Waals surface area contributed by atoms with Crippen LogP contribution < -0.4 is 10.6 Å². The maximum Gasteiger partial charge on any atom is 0.239 e. The quantitative estimate of drug-likeness (QED) is 0.846. The van der Waals surface area contributed by atoms with E-state index in [2.05, 4.69) is 10.6 Å². The Morgan fingerprint density at radius 3 is 3.06 bits per heavy atom. The van der Waals surface area contributed by atoms with E-state index in [0.717, 1.165) is 30.6 Å². The standard InChI is InChI=1S/C13H18N2O3/c1-2-12(16)14-8-13(17)15-10-4-3-5-11-9(10)6-7-18-11/h6-7,10H,2-5,8H2,1H3,(H,14,16)(H,15,17). The van der Waals surface area contributed by atoms with Gasteiger partial charge < -0.3 is 15.1 Å². The van der Waals surface area contributed by atoms with Crippen molar-refractivity contribution in [2.75, 3.05) is 6.54 Å². The number of hydrogen-bond donors (Lipinski definition) is 2. The average molecular weight is 250 g/mol. The first kappa shape index (κ1) is 12.7. The monoisotopic (exact) mass is 250 g/mol. The second kappa shape index (κ2) is 5.71. The Labute approximate surface area is 106 Å². The van der Waals surface area contributed by atoms with E-state index in [-0.39, 0.29) is 24.4 Å². The molecular formula is C13H18N2O3. The van der Waals surface area contributed by atoms with Crippen molar-refractivity contribution in [3.8, 4) is 0 Å². The van der Waals surface area contributed by atoms with Crippen LogP contribution in [-0.2, 0) is 16.0 Å². The van der Waals surface area contributed by atoms with E-state index in [4.69, 9.17) is 4.42 Å². The zero-order valence-electron chi connectivity index (χ0n) is 10.5. The van der Waals surface area contributed by atoms with E-state index < -0.39 is 0 Å². The van der Waals surface area contributed by atoms with E-state index in [1.807, 2.05) is 6.07 Å². The van der Waals surface area contributed by atoms with Crippen LogP contribution in [0.4, 0.5) is 0 Å². The Hall–Kier alpha value is -1.78. The maximum absolute atomic E-state index is 11.7. The van der Waals surface area contributed by atoms with Gasteiger partial charge in [-0.15, -0.1) is 0 Å². The summed E-state index contributed by atoms with van der Waals surface area (Å²) in [5.41, 5.74) is 1.07. The van der Waals surface area contributed by atoms with Crippen molar-refractivity contribution in [1.82, 2.24) is 10.6 Å². The molecular weight excluding hydrogens is 232 g/mol. The summed E-state index contributed by atoms with van der Waals surface area (Å²) in [6.45, 7) is 1.79. The van der Waals surface area contributed by atoms with Crippen molar-refractivity contribution in [3.63, 3.8) is 0 Å². The first-order valence-corrected chi connectivity index (χ1v) is 6.33. The zero-order chi connectivity index (χ0) is 13.0. The van der Waals surface area contributed by atoms with Crippen molar-refractivity contribution < 1.29 is 14.0 Å². The van der Waals surface area contributed by atoms with Crippen molar-refractivity contribution in [1.29, 1.82) is 0 Å². The summed E-state index contributed by atoms with van der Waals surface area (Å²) >= 11 is 0. The molecule has 0 bridgehead atoms. The lowest BCUT2D eigenvalue weighted by molar-refractivity contribution is -0.126. The van der Waals surface area contributed by atoms with Crippen molar-refractivity contribution in [3.05, 3.63) is 23.7 Å². The van der Waals surface area contributed by atoms with Crippen LogP contribution in [0.1, 0.15) is 43.6 Å². The number of nitrogens with one attached hydrogen (secondary N) is 2. The topological polar surface area (TPSA) is 71.3 Å². The fourth-order valence-corrected chi connectivity index (χ4v) is 2.19. The van der Waals surface area contributed by atoms with Gasteiger partial charge in [-0.3, -0.25) is 9.59 Å². The van der Waals surface area contributed by atoms with Gasteiger partial charge >= 0.3 is 0 Å². The van der Waals surface area contributed by atoms with Gasteiger partial charge in [0.05, 0.1) is 18.8 Å². The largest absolute Gasteiger partial charge is 0.469 e. The molecule has 18 heavy (non-hydrogen) atoms. The van der Waals surface area contributed by atoms with Crippen molar-refractivity contribution in [2.24, 2.45) is 0 Å². The van der Waals surface area contributed by atoms with Gasteiger partial charge in [-0.1, -0.05) is 6.92 Å². The van der Waals surface area contributed by atoms with Gasteiger partial charge in [0.2, 0.25) is 11.8 Å². The molecule has 1 heterocycles. The predicted octanol–water partition coefficient (Wildman–Crippen LogP) is 1.30. The highest BCUT2D eigenvalue weighted by Crippen LogP contribution is 2.30. The van der Waals surface area contributed by atoms with Gasteiger partial charge in [0, 0.05) is 18.4 Å². The Morgan fingerprint density at radius 1 is 1.44 bits per heavy atom. The third-order valence-electron chi connectivity index (χ3n) is 3.15. The molecule has 1 unspecified atom stereocenters. The summed E-state index contributed by atoms with van der Waals surface area (Å²) in [6, 6.07) is 1.92. The molecule has 1 aromatic heterocycles. The second-order valence-electron chi connectivity index (χ2n) is 4.44. The smallest absolute Gasteiger partial charge is 0.239 e. The SMILES string of the molecule is CCC(=O)NCC(=O)NC1CCCc2occc21. The molecule has 0 aliphatic heterocycles. The summed E-state index contributed by atoms with van der Waals surface area (Å²) in [5.74, 6) is 0.692. The molecule has 98 valence electrons. The summed E-state index contributed by atoms with van der Waals surface area (Å²) in [7, 11) is 0. The number of carbonyl (C=O) groups excluding carboxylic acids is 2. The number of furan rings is 1. The summed E-state index contributed by atoms with van der Waals surface area (Å²) in [6.07, 6.45) is 4.91.